The number of aliphatic hydroxyl groups excluding tert-OH is 1. The van der Waals surface area contributed by atoms with Gasteiger partial charge in [0.05, 0.1) is 12.2 Å². The molecule has 0 heterocycles. The summed E-state index contributed by atoms with van der Waals surface area (Å²) in [6, 6.07) is 5.62. The van der Waals surface area contributed by atoms with E-state index in [1.54, 1.807) is 13.8 Å². The number of aryl methyl sites for hydroxylation is 1. The fraction of sp³-hybridized carbons (Fsp3) is 0.455. The zero-order valence-corrected chi connectivity index (χ0v) is 8.33. The molecule has 0 saturated heterocycles. The first-order valence-corrected chi connectivity index (χ1v) is 4.38. The van der Waals surface area contributed by atoms with Crippen molar-refractivity contribution in [2.45, 2.75) is 33.0 Å². The van der Waals surface area contributed by atoms with Crippen LogP contribution in [0.5, 0.6) is 0 Å². The Kier molecular flexibility index (Phi) is 2.74. The second-order valence-electron chi connectivity index (χ2n) is 3.87. The van der Waals surface area contributed by atoms with Crippen LogP contribution in [0.3, 0.4) is 0 Å². The van der Waals surface area contributed by atoms with Gasteiger partial charge in [0.1, 0.15) is 0 Å². The van der Waals surface area contributed by atoms with Crippen molar-refractivity contribution in [2.75, 3.05) is 0 Å². The molecule has 0 bridgehead atoms. The van der Waals surface area contributed by atoms with Crippen LogP contribution in [0.1, 0.15) is 30.5 Å². The van der Waals surface area contributed by atoms with Gasteiger partial charge in [0.25, 0.3) is 0 Å². The highest BCUT2D eigenvalue weighted by molar-refractivity contribution is 5.34. The van der Waals surface area contributed by atoms with E-state index < -0.39 is 5.60 Å². The van der Waals surface area contributed by atoms with Gasteiger partial charge >= 0.3 is 0 Å². The summed E-state index contributed by atoms with van der Waals surface area (Å²) < 4.78 is 0. The van der Waals surface area contributed by atoms with Crippen LogP contribution in [0.15, 0.2) is 18.2 Å². The van der Waals surface area contributed by atoms with Gasteiger partial charge in [-0.15, -0.1) is 0 Å². The van der Waals surface area contributed by atoms with Gasteiger partial charge in [-0.3, -0.25) is 0 Å². The molecule has 0 radical (unpaired) electrons. The Hall–Kier alpha value is -0.860. The average Bonchev–Trinajstić information content (AvgIpc) is 2.03. The van der Waals surface area contributed by atoms with Crippen LogP contribution in [0.25, 0.3) is 0 Å². The van der Waals surface area contributed by atoms with Crippen molar-refractivity contribution in [1.29, 1.82) is 0 Å². The van der Waals surface area contributed by atoms with Gasteiger partial charge < -0.3 is 10.2 Å². The second kappa shape index (κ2) is 3.48. The molecule has 0 aliphatic heterocycles. The molecule has 1 aromatic rings. The molecule has 0 unspecified atom stereocenters. The number of benzene rings is 1. The fourth-order valence-corrected chi connectivity index (χ4v) is 1.43. The zero-order valence-electron chi connectivity index (χ0n) is 8.33. The molecule has 1 rings (SSSR count). The number of hydrogen-bond donors (Lipinski definition) is 2. The minimum atomic E-state index is -0.838. The van der Waals surface area contributed by atoms with Crippen LogP contribution in [0, 0.1) is 6.92 Å². The maximum Gasteiger partial charge on any atom is 0.0843 e. The highest BCUT2D eigenvalue weighted by Crippen LogP contribution is 2.24. The smallest absolute Gasteiger partial charge is 0.0843 e. The predicted octanol–water partition coefficient (Wildman–Crippen LogP) is 1.71. The Balaban J connectivity index is 3.19. The summed E-state index contributed by atoms with van der Waals surface area (Å²) >= 11 is 0. The number of hydrogen-bond acceptors (Lipinski definition) is 2. The topological polar surface area (TPSA) is 40.5 Å². The molecule has 0 spiro atoms. The Labute approximate surface area is 78.8 Å². The van der Waals surface area contributed by atoms with E-state index in [4.69, 9.17) is 5.11 Å². The van der Waals surface area contributed by atoms with Gasteiger partial charge in [-0.05, 0) is 37.5 Å². The van der Waals surface area contributed by atoms with Crippen molar-refractivity contribution in [3.8, 4) is 0 Å². The number of aliphatic hydroxyl groups is 2. The molecule has 0 aliphatic rings. The molecule has 13 heavy (non-hydrogen) atoms. The summed E-state index contributed by atoms with van der Waals surface area (Å²) in [5.41, 5.74) is 1.92. The Morgan fingerprint density at radius 3 is 2.38 bits per heavy atom. The molecule has 72 valence electrons. The van der Waals surface area contributed by atoms with Crippen molar-refractivity contribution in [3.63, 3.8) is 0 Å². The van der Waals surface area contributed by atoms with Gasteiger partial charge in [0.2, 0.25) is 0 Å². The summed E-state index contributed by atoms with van der Waals surface area (Å²) in [6.07, 6.45) is 0. The molecular formula is C11H16O2. The van der Waals surface area contributed by atoms with E-state index in [0.717, 1.165) is 16.7 Å². The summed E-state index contributed by atoms with van der Waals surface area (Å²) in [5.74, 6) is 0. The maximum absolute atomic E-state index is 9.81. The van der Waals surface area contributed by atoms with Crippen LogP contribution < -0.4 is 0 Å². The lowest BCUT2D eigenvalue weighted by Gasteiger charge is -2.21. The molecule has 2 heteroatoms. The fourth-order valence-electron chi connectivity index (χ4n) is 1.43. The largest absolute Gasteiger partial charge is 0.392 e. The van der Waals surface area contributed by atoms with Gasteiger partial charge in [0, 0.05) is 0 Å². The lowest BCUT2D eigenvalue weighted by molar-refractivity contribution is 0.0777. The van der Waals surface area contributed by atoms with Gasteiger partial charge in [-0.2, -0.15) is 0 Å². The molecular weight excluding hydrogens is 164 g/mol. The molecule has 2 N–H and O–H groups in total. The van der Waals surface area contributed by atoms with Crippen LogP contribution in [0.4, 0.5) is 0 Å². The lowest BCUT2D eigenvalue weighted by Crippen LogP contribution is -2.17. The first-order chi connectivity index (χ1) is 5.95. The normalized spacial score (nSPS) is 11.8. The zero-order chi connectivity index (χ0) is 10.1. The number of rotatable bonds is 2. The van der Waals surface area contributed by atoms with Gasteiger partial charge in [-0.25, -0.2) is 0 Å². The highest BCUT2D eigenvalue weighted by atomic mass is 16.3. The van der Waals surface area contributed by atoms with Crippen molar-refractivity contribution < 1.29 is 10.2 Å². The molecule has 0 aliphatic carbocycles. The molecule has 1 aromatic carbocycles. The van der Waals surface area contributed by atoms with Gasteiger partial charge in [-0.1, -0.05) is 18.2 Å². The summed E-state index contributed by atoms with van der Waals surface area (Å²) in [6.45, 7) is 5.46. The molecule has 0 atom stereocenters. The molecule has 0 aromatic heterocycles. The first kappa shape index (κ1) is 10.2. The van der Waals surface area contributed by atoms with Crippen LogP contribution >= 0.6 is 0 Å². The Morgan fingerprint density at radius 2 is 1.92 bits per heavy atom. The first-order valence-electron chi connectivity index (χ1n) is 4.38. The maximum atomic E-state index is 9.81. The average molecular weight is 180 g/mol. The predicted molar refractivity (Wildman–Crippen MR) is 52.3 cm³/mol. The van der Waals surface area contributed by atoms with Crippen molar-refractivity contribution in [2.24, 2.45) is 0 Å². The van der Waals surface area contributed by atoms with E-state index in [1.807, 2.05) is 25.1 Å². The minimum Gasteiger partial charge on any atom is -0.392 e. The summed E-state index contributed by atoms with van der Waals surface area (Å²) in [5, 5.41) is 18.7. The standard InChI is InChI=1S/C11H16O2/c1-8-4-5-9(7-12)6-10(8)11(2,3)13/h4-6,12-13H,7H2,1-3H3. The molecule has 2 nitrogen and oxygen atoms in total. The minimum absolute atomic E-state index is 0.0172. The third-order valence-electron chi connectivity index (χ3n) is 2.14. The quantitative estimate of drug-likeness (QED) is 0.727. The Morgan fingerprint density at radius 1 is 1.31 bits per heavy atom. The van der Waals surface area contributed by atoms with Crippen molar-refractivity contribution in [1.82, 2.24) is 0 Å². The van der Waals surface area contributed by atoms with Crippen LogP contribution in [-0.4, -0.2) is 10.2 Å². The van der Waals surface area contributed by atoms with E-state index in [2.05, 4.69) is 0 Å². The molecule has 0 saturated carbocycles. The third-order valence-corrected chi connectivity index (χ3v) is 2.14. The Bertz CT molecular complexity index is 297. The van der Waals surface area contributed by atoms with E-state index in [0.29, 0.717) is 0 Å². The van der Waals surface area contributed by atoms with E-state index in [9.17, 15) is 5.11 Å². The highest BCUT2D eigenvalue weighted by Gasteiger charge is 2.18. The molecule has 0 fully saturated rings. The van der Waals surface area contributed by atoms with E-state index in [1.165, 1.54) is 0 Å². The van der Waals surface area contributed by atoms with Gasteiger partial charge in [0.15, 0.2) is 0 Å². The van der Waals surface area contributed by atoms with Crippen LogP contribution in [0.2, 0.25) is 0 Å². The second-order valence-corrected chi connectivity index (χ2v) is 3.87. The lowest BCUT2D eigenvalue weighted by atomic mass is 9.92. The van der Waals surface area contributed by atoms with E-state index in [-0.39, 0.29) is 6.61 Å². The van der Waals surface area contributed by atoms with E-state index >= 15 is 0 Å². The summed E-state index contributed by atoms with van der Waals surface area (Å²) in [7, 11) is 0. The molecule has 0 amide bonds. The van der Waals surface area contributed by atoms with Crippen LogP contribution in [-0.2, 0) is 12.2 Å². The van der Waals surface area contributed by atoms with Crippen molar-refractivity contribution >= 4 is 0 Å². The monoisotopic (exact) mass is 180 g/mol. The third kappa shape index (κ3) is 2.29. The summed E-state index contributed by atoms with van der Waals surface area (Å²) in [4.78, 5) is 0. The van der Waals surface area contributed by atoms with Crippen molar-refractivity contribution in [3.05, 3.63) is 34.9 Å². The SMILES string of the molecule is Cc1ccc(CO)cc1C(C)(C)O.